The molecule has 0 saturated carbocycles. The third kappa shape index (κ3) is 2.78. The smallest absolute Gasteiger partial charge is 0.421 e. The Morgan fingerprint density at radius 3 is 2.79 bits per heavy atom. The average molecular weight is 275 g/mol. The zero-order valence-corrected chi connectivity index (χ0v) is 10.6. The molecule has 0 amide bonds. The standard InChI is InChI=1S/C13H16F3NO2/c1-19-8-9-4-3-7-17(9)10-5-2-6-11(18)12(10)13(14,15)16/h2,5-6,9,18H,3-4,7-8H2,1H3. The van der Waals surface area contributed by atoms with Gasteiger partial charge < -0.3 is 14.7 Å². The summed E-state index contributed by atoms with van der Waals surface area (Å²) in [4.78, 5) is 1.67. The maximum atomic E-state index is 13.1. The van der Waals surface area contributed by atoms with Crippen LogP contribution in [0.1, 0.15) is 18.4 Å². The van der Waals surface area contributed by atoms with Gasteiger partial charge in [0.05, 0.1) is 18.3 Å². The number of alkyl halides is 3. The Bertz CT molecular complexity index is 448. The Hall–Kier alpha value is -1.43. The van der Waals surface area contributed by atoms with E-state index >= 15 is 0 Å². The van der Waals surface area contributed by atoms with Gasteiger partial charge in [0.15, 0.2) is 0 Å². The van der Waals surface area contributed by atoms with E-state index in [2.05, 4.69) is 0 Å². The van der Waals surface area contributed by atoms with Crippen LogP contribution in [-0.4, -0.2) is 31.4 Å². The van der Waals surface area contributed by atoms with Crippen molar-refractivity contribution < 1.29 is 23.0 Å². The SMILES string of the molecule is COCC1CCCN1c1cccc(O)c1C(F)(F)F. The highest BCUT2D eigenvalue weighted by atomic mass is 19.4. The monoisotopic (exact) mass is 275 g/mol. The maximum Gasteiger partial charge on any atom is 0.421 e. The summed E-state index contributed by atoms with van der Waals surface area (Å²) in [5.41, 5.74) is -0.926. The zero-order valence-electron chi connectivity index (χ0n) is 10.6. The molecule has 1 saturated heterocycles. The van der Waals surface area contributed by atoms with Gasteiger partial charge in [-0.1, -0.05) is 6.07 Å². The highest BCUT2D eigenvalue weighted by molar-refractivity contribution is 5.61. The third-order valence-electron chi connectivity index (χ3n) is 3.35. The zero-order chi connectivity index (χ0) is 14.0. The van der Waals surface area contributed by atoms with E-state index in [1.807, 2.05) is 0 Å². The number of anilines is 1. The van der Waals surface area contributed by atoms with Crippen molar-refractivity contribution in [2.45, 2.75) is 25.1 Å². The molecular weight excluding hydrogens is 259 g/mol. The molecular formula is C13H16F3NO2. The molecule has 1 atom stereocenters. The molecule has 1 N–H and O–H groups in total. The lowest BCUT2D eigenvalue weighted by Gasteiger charge is -2.29. The van der Waals surface area contributed by atoms with Crippen molar-refractivity contribution in [3.05, 3.63) is 23.8 Å². The summed E-state index contributed by atoms with van der Waals surface area (Å²) in [5.74, 6) is -0.729. The van der Waals surface area contributed by atoms with Crippen LogP contribution in [0.4, 0.5) is 18.9 Å². The van der Waals surface area contributed by atoms with Gasteiger partial charge in [0, 0.05) is 13.7 Å². The lowest BCUT2D eigenvalue weighted by molar-refractivity contribution is -0.138. The Balaban J connectivity index is 2.42. The second-order valence-electron chi connectivity index (χ2n) is 4.61. The molecule has 0 aromatic heterocycles. The maximum absolute atomic E-state index is 13.1. The fraction of sp³-hybridized carbons (Fsp3) is 0.538. The van der Waals surface area contributed by atoms with Gasteiger partial charge in [0.1, 0.15) is 11.3 Å². The number of phenolic OH excluding ortho intramolecular Hbond substituents is 1. The van der Waals surface area contributed by atoms with Crippen LogP contribution in [0.25, 0.3) is 0 Å². The highest BCUT2D eigenvalue weighted by Crippen LogP contribution is 2.43. The number of halogens is 3. The summed E-state index contributed by atoms with van der Waals surface area (Å²) in [6.07, 6.45) is -2.96. The predicted octanol–water partition coefficient (Wildman–Crippen LogP) is 3.03. The number of rotatable bonds is 3. The molecule has 0 aliphatic carbocycles. The lowest BCUT2D eigenvalue weighted by atomic mass is 10.1. The van der Waals surface area contributed by atoms with E-state index in [0.717, 1.165) is 18.9 Å². The van der Waals surface area contributed by atoms with E-state index < -0.39 is 17.5 Å². The van der Waals surface area contributed by atoms with Crippen LogP contribution >= 0.6 is 0 Å². The molecule has 1 heterocycles. The van der Waals surface area contributed by atoms with Crippen molar-refractivity contribution in [3.8, 4) is 5.75 Å². The number of aromatic hydroxyl groups is 1. The summed E-state index contributed by atoms with van der Waals surface area (Å²) in [7, 11) is 1.53. The number of benzene rings is 1. The molecule has 0 spiro atoms. The van der Waals surface area contributed by atoms with Crippen LogP contribution in [-0.2, 0) is 10.9 Å². The van der Waals surface area contributed by atoms with Crippen molar-refractivity contribution in [3.63, 3.8) is 0 Å². The summed E-state index contributed by atoms with van der Waals surface area (Å²) in [6.45, 7) is 0.924. The quantitative estimate of drug-likeness (QED) is 0.920. The molecule has 1 unspecified atom stereocenters. The molecule has 1 aromatic carbocycles. The van der Waals surface area contributed by atoms with E-state index in [1.165, 1.54) is 19.2 Å². The number of methoxy groups -OCH3 is 1. The predicted molar refractivity (Wildman–Crippen MR) is 65.4 cm³/mol. The summed E-state index contributed by atoms with van der Waals surface area (Å²) >= 11 is 0. The van der Waals surface area contributed by atoms with Crippen LogP contribution < -0.4 is 4.90 Å². The molecule has 106 valence electrons. The number of hydrogen-bond donors (Lipinski definition) is 1. The minimum atomic E-state index is -4.57. The minimum absolute atomic E-state index is 0.0343. The van der Waals surface area contributed by atoms with Crippen molar-refractivity contribution in [2.75, 3.05) is 25.2 Å². The molecule has 0 bridgehead atoms. The number of phenols is 1. The van der Waals surface area contributed by atoms with E-state index in [-0.39, 0.29) is 11.7 Å². The van der Waals surface area contributed by atoms with E-state index in [4.69, 9.17) is 4.74 Å². The Morgan fingerprint density at radius 1 is 1.42 bits per heavy atom. The average Bonchev–Trinajstić information content (AvgIpc) is 2.75. The number of nitrogens with zero attached hydrogens (tertiary/aromatic N) is 1. The van der Waals surface area contributed by atoms with Gasteiger partial charge in [-0.2, -0.15) is 13.2 Å². The number of ether oxygens (including phenoxy) is 1. The van der Waals surface area contributed by atoms with Gasteiger partial charge in [0.25, 0.3) is 0 Å². The van der Waals surface area contributed by atoms with E-state index in [0.29, 0.717) is 13.2 Å². The van der Waals surface area contributed by atoms with E-state index in [1.54, 1.807) is 4.90 Å². The molecule has 0 radical (unpaired) electrons. The Kier molecular flexibility index (Phi) is 3.89. The second kappa shape index (κ2) is 5.28. The highest BCUT2D eigenvalue weighted by Gasteiger charge is 2.39. The molecule has 19 heavy (non-hydrogen) atoms. The molecule has 2 rings (SSSR count). The van der Waals surface area contributed by atoms with Crippen molar-refractivity contribution in [1.82, 2.24) is 0 Å². The van der Waals surface area contributed by atoms with Gasteiger partial charge in [-0.3, -0.25) is 0 Å². The van der Waals surface area contributed by atoms with Crippen LogP contribution in [0.15, 0.2) is 18.2 Å². The van der Waals surface area contributed by atoms with Gasteiger partial charge in [-0.15, -0.1) is 0 Å². The fourth-order valence-electron chi connectivity index (χ4n) is 2.58. The van der Waals surface area contributed by atoms with Crippen molar-refractivity contribution in [2.24, 2.45) is 0 Å². The molecule has 1 fully saturated rings. The summed E-state index contributed by atoms with van der Waals surface area (Å²) < 4.78 is 44.2. The first-order chi connectivity index (χ1) is 8.95. The first-order valence-corrected chi connectivity index (χ1v) is 6.10. The van der Waals surface area contributed by atoms with E-state index in [9.17, 15) is 18.3 Å². The lowest BCUT2D eigenvalue weighted by Crippen LogP contribution is -2.34. The van der Waals surface area contributed by atoms with Crippen LogP contribution in [0.2, 0.25) is 0 Å². The van der Waals surface area contributed by atoms with Gasteiger partial charge in [-0.05, 0) is 25.0 Å². The largest absolute Gasteiger partial charge is 0.507 e. The summed E-state index contributed by atoms with van der Waals surface area (Å²) in [5, 5.41) is 9.53. The van der Waals surface area contributed by atoms with Gasteiger partial charge in [0.2, 0.25) is 0 Å². The fourth-order valence-corrected chi connectivity index (χ4v) is 2.58. The normalized spacial score (nSPS) is 20.0. The second-order valence-corrected chi connectivity index (χ2v) is 4.61. The summed E-state index contributed by atoms with van der Waals surface area (Å²) in [6, 6.07) is 3.82. The van der Waals surface area contributed by atoms with Gasteiger partial charge >= 0.3 is 6.18 Å². The van der Waals surface area contributed by atoms with Crippen LogP contribution in [0.5, 0.6) is 5.75 Å². The Labute approximate surface area is 109 Å². The molecule has 1 aromatic rings. The van der Waals surface area contributed by atoms with Crippen LogP contribution in [0, 0.1) is 0 Å². The first kappa shape index (κ1) is 14.0. The molecule has 6 heteroatoms. The minimum Gasteiger partial charge on any atom is -0.507 e. The van der Waals surface area contributed by atoms with Crippen LogP contribution in [0.3, 0.4) is 0 Å². The molecule has 1 aliphatic rings. The van der Waals surface area contributed by atoms with Crippen molar-refractivity contribution >= 4 is 5.69 Å². The number of hydrogen-bond acceptors (Lipinski definition) is 3. The molecule has 3 nitrogen and oxygen atoms in total. The van der Waals surface area contributed by atoms with Gasteiger partial charge in [-0.25, -0.2) is 0 Å². The van der Waals surface area contributed by atoms with Crippen molar-refractivity contribution in [1.29, 1.82) is 0 Å². The first-order valence-electron chi connectivity index (χ1n) is 6.10. The Morgan fingerprint density at radius 2 is 2.16 bits per heavy atom. The topological polar surface area (TPSA) is 32.7 Å². The molecule has 1 aliphatic heterocycles. The third-order valence-corrected chi connectivity index (χ3v) is 3.35.